The Labute approximate surface area is 106 Å². The van der Waals surface area contributed by atoms with Gasteiger partial charge in [0.25, 0.3) is 0 Å². The third-order valence-corrected chi connectivity index (χ3v) is 3.53. The average Bonchev–Trinajstić information content (AvgIpc) is 2.90. The summed E-state index contributed by atoms with van der Waals surface area (Å²) in [5.41, 5.74) is 2.24. The fraction of sp³-hybridized carbons (Fsp3) is 0.267. The molecule has 0 amide bonds. The van der Waals surface area contributed by atoms with Crippen LogP contribution in [0.2, 0.25) is 0 Å². The maximum atomic E-state index is 13.0. The lowest BCUT2D eigenvalue weighted by atomic mass is 9.90. The van der Waals surface area contributed by atoms with E-state index in [1.807, 2.05) is 36.5 Å². The van der Waals surface area contributed by atoms with Crippen molar-refractivity contribution < 1.29 is 4.39 Å². The van der Waals surface area contributed by atoms with Crippen LogP contribution < -0.4 is 5.32 Å². The zero-order valence-electron chi connectivity index (χ0n) is 10.0. The molecule has 1 fully saturated rings. The van der Waals surface area contributed by atoms with Gasteiger partial charge in [-0.2, -0.15) is 0 Å². The zero-order chi connectivity index (χ0) is 12.4. The Bertz CT molecular complexity index is 510. The zero-order valence-corrected chi connectivity index (χ0v) is 10.0. The van der Waals surface area contributed by atoms with Crippen LogP contribution >= 0.6 is 0 Å². The van der Waals surface area contributed by atoms with Crippen LogP contribution in [0.5, 0.6) is 0 Å². The van der Waals surface area contributed by atoms with Crippen molar-refractivity contribution in [2.24, 2.45) is 0 Å². The van der Waals surface area contributed by atoms with E-state index in [0.717, 1.165) is 18.7 Å². The fourth-order valence-corrected chi connectivity index (χ4v) is 2.64. The maximum Gasteiger partial charge on any atom is 0.123 e. The lowest BCUT2D eigenvalue weighted by molar-refractivity contribution is 0.560. The van der Waals surface area contributed by atoms with E-state index in [4.69, 9.17) is 0 Å². The molecule has 0 unspecified atom stereocenters. The van der Waals surface area contributed by atoms with Gasteiger partial charge in [0.15, 0.2) is 0 Å². The van der Waals surface area contributed by atoms with E-state index in [2.05, 4.69) is 10.3 Å². The highest BCUT2D eigenvalue weighted by Gasteiger charge is 2.30. The number of hydrogen-bond donors (Lipinski definition) is 1. The molecule has 2 nitrogen and oxygen atoms in total. The van der Waals surface area contributed by atoms with E-state index in [0.29, 0.717) is 5.92 Å². The van der Waals surface area contributed by atoms with E-state index in [1.165, 1.54) is 17.7 Å². The molecule has 1 saturated heterocycles. The molecular formula is C15H15FN2. The number of benzene rings is 1. The van der Waals surface area contributed by atoms with Crippen molar-refractivity contribution in [1.29, 1.82) is 0 Å². The summed E-state index contributed by atoms with van der Waals surface area (Å²) in [6.07, 6.45) is 2.88. The summed E-state index contributed by atoms with van der Waals surface area (Å²) < 4.78 is 13.0. The van der Waals surface area contributed by atoms with Gasteiger partial charge in [-0.15, -0.1) is 0 Å². The lowest BCUT2D eigenvalue weighted by Crippen LogP contribution is -2.18. The summed E-state index contributed by atoms with van der Waals surface area (Å²) in [6, 6.07) is 13.0. The highest BCUT2D eigenvalue weighted by atomic mass is 19.1. The Hall–Kier alpha value is -1.74. The molecule has 0 saturated carbocycles. The number of nitrogens with zero attached hydrogens (tertiary/aromatic N) is 1. The minimum absolute atomic E-state index is 0.181. The first-order valence-electron chi connectivity index (χ1n) is 6.24. The first-order valence-corrected chi connectivity index (χ1v) is 6.24. The largest absolute Gasteiger partial charge is 0.308 e. The van der Waals surface area contributed by atoms with Gasteiger partial charge in [-0.1, -0.05) is 18.2 Å². The molecule has 1 N–H and O–H groups in total. The Kier molecular flexibility index (Phi) is 3.07. The molecular weight excluding hydrogens is 227 g/mol. The van der Waals surface area contributed by atoms with Gasteiger partial charge in [-0.3, -0.25) is 4.98 Å². The standard InChI is InChI=1S/C15H15FN2/c16-12-6-4-11(5-7-12)13-8-10-18-15(13)14-3-1-2-9-17-14/h1-7,9,13,15,18H,8,10H2/t13-,15+/m1/s1. The summed E-state index contributed by atoms with van der Waals surface area (Å²) >= 11 is 0. The number of rotatable bonds is 2. The Morgan fingerprint density at radius 1 is 1.11 bits per heavy atom. The smallest absolute Gasteiger partial charge is 0.123 e. The number of nitrogens with one attached hydrogen (secondary N) is 1. The van der Waals surface area contributed by atoms with Gasteiger partial charge in [-0.05, 0) is 42.8 Å². The average molecular weight is 242 g/mol. The van der Waals surface area contributed by atoms with E-state index < -0.39 is 0 Å². The summed E-state index contributed by atoms with van der Waals surface area (Å²) in [6.45, 7) is 0.975. The molecule has 2 atom stereocenters. The Morgan fingerprint density at radius 2 is 1.94 bits per heavy atom. The molecule has 3 heteroatoms. The van der Waals surface area contributed by atoms with E-state index in [1.54, 1.807) is 0 Å². The highest BCUT2D eigenvalue weighted by molar-refractivity contribution is 5.27. The maximum absolute atomic E-state index is 13.0. The van der Waals surface area contributed by atoms with Gasteiger partial charge >= 0.3 is 0 Å². The molecule has 0 bridgehead atoms. The van der Waals surface area contributed by atoms with E-state index in [-0.39, 0.29) is 11.9 Å². The minimum atomic E-state index is -0.181. The number of hydrogen-bond acceptors (Lipinski definition) is 2. The van der Waals surface area contributed by atoms with Crippen LogP contribution in [0.25, 0.3) is 0 Å². The van der Waals surface area contributed by atoms with Gasteiger partial charge in [0.05, 0.1) is 11.7 Å². The normalized spacial score (nSPS) is 23.2. The summed E-state index contributed by atoms with van der Waals surface area (Å²) in [5.74, 6) is 0.194. The van der Waals surface area contributed by atoms with Gasteiger partial charge in [0.2, 0.25) is 0 Å². The predicted octanol–water partition coefficient (Wildman–Crippen LogP) is 3.04. The number of halogens is 1. The quantitative estimate of drug-likeness (QED) is 0.875. The second kappa shape index (κ2) is 4.86. The van der Waals surface area contributed by atoms with Gasteiger partial charge in [0, 0.05) is 12.1 Å². The number of aromatic nitrogens is 1. The fourth-order valence-electron chi connectivity index (χ4n) is 2.64. The molecule has 0 aliphatic carbocycles. The van der Waals surface area contributed by atoms with Gasteiger partial charge < -0.3 is 5.32 Å². The molecule has 1 aromatic heterocycles. The molecule has 1 aromatic carbocycles. The van der Waals surface area contributed by atoms with Crippen molar-refractivity contribution in [3.05, 3.63) is 65.7 Å². The molecule has 0 spiro atoms. The summed E-state index contributed by atoms with van der Waals surface area (Å²) in [7, 11) is 0. The molecule has 1 aliphatic heterocycles. The van der Waals surface area contributed by atoms with Crippen LogP contribution in [0, 0.1) is 5.82 Å². The van der Waals surface area contributed by atoms with Crippen molar-refractivity contribution in [1.82, 2.24) is 10.3 Å². The molecule has 2 heterocycles. The molecule has 1 aliphatic rings. The Balaban J connectivity index is 1.90. The van der Waals surface area contributed by atoms with Crippen LogP contribution in [-0.2, 0) is 0 Å². The van der Waals surface area contributed by atoms with Crippen LogP contribution in [0.3, 0.4) is 0 Å². The monoisotopic (exact) mass is 242 g/mol. The summed E-state index contributed by atoms with van der Waals surface area (Å²) in [5, 5.41) is 3.48. The van der Waals surface area contributed by atoms with Crippen LogP contribution in [0.4, 0.5) is 4.39 Å². The molecule has 0 radical (unpaired) electrons. The summed E-state index contributed by atoms with van der Waals surface area (Å²) in [4.78, 5) is 4.42. The van der Waals surface area contributed by atoms with Crippen LogP contribution in [-0.4, -0.2) is 11.5 Å². The second-order valence-electron chi connectivity index (χ2n) is 4.63. The second-order valence-corrected chi connectivity index (χ2v) is 4.63. The van der Waals surface area contributed by atoms with E-state index in [9.17, 15) is 4.39 Å². The van der Waals surface area contributed by atoms with Crippen molar-refractivity contribution >= 4 is 0 Å². The van der Waals surface area contributed by atoms with Crippen LogP contribution in [0.15, 0.2) is 48.7 Å². The third kappa shape index (κ3) is 2.14. The van der Waals surface area contributed by atoms with Crippen molar-refractivity contribution in [3.63, 3.8) is 0 Å². The SMILES string of the molecule is Fc1ccc([C@H]2CCN[C@@H]2c2ccccn2)cc1. The van der Waals surface area contributed by atoms with Crippen LogP contribution in [0.1, 0.15) is 29.6 Å². The Morgan fingerprint density at radius 3 is 2.67 bits per heavy atom. The van der Waals surface area contributed by atoms with Crippen molar-refractivity contribution in [3.8, 4) is 0 Å². The predicted molar refractivity (Wildman–Crippen MR) is 68.7 cm³/mol. The molecule has 2 aromatic rings. The molecule has 92 valence electrons. The molecule has 3 rings (SSSR count). The number of pyridine rings is 1. The third-order valence-electron chi connectivity index (χ3n) is 3.53. The lowest BCUT2D eigenvalue weighted by Gasteiger charge is -2.19. The topological polar surface area (TPSA) is 24.9 Å². The first-order chi connectivity index (χ1) is 8.84. The highest BCUT2D eigenvalue weighted by Crippen LogP contribution is 2.36. The minimum Gasteiger partial charge on any atom is -0.308 e. The van der Waals surface area contributed by atoms with Crippen molar-refractivity contribution in [2.45, 2.75) is 18.4 Å². The van der Waals surface area contributed by atoms with Crippen molar-refractivity contribution in [2.75, 3.05) is 6.54 Å². The molecule has 18 heavy (non-hydrogen) atoms. The first kappa shape index (κ1) is 11.4. The van der Waals surface area contributed by atoms with E-state index >= 15 is 0 Å². The van der Waals surface area contributed by atoms with Gasteiger partial charge in [-0.25, -0.2) is 4.39 Å². The van der Waals surface area contributed by atoms with Gasteiger partial charge in [0.1, 0.15) is 5.82 Å².